The van der Waals surface area contributed by atoms with Crippen molar-refractivity contribution < 1.29 is 24.2 Å². The lowest BCUT2D eigenvalue weighted by molar-refractivity contribution is -0.151. The van der Waals surface area contributed by atoms with Gasteiger partial charge in [0.15, 0.2) is 0 Å². The first-order valence-corrected chi connectivity index (χ1v) is 12.2. The molecule has 7 nitrogen and oxygen atoms in total. The summed E-state index contributed by atoms with van der Waals surface area (Å²) in [6.07, 6.45) is 13.0. The highest BCUT2D eigenvalue weighted by Crippen LogP contribution is 2.15. The van der Waals surface area contributed by atoms with Crippen molar-refractivity contribution in [2.75, 3.05) is 20.3 Å². The van der Waals surface area contributed by atoms with Gasteiger partial charge in [0.05, 0.1) is 12.1 Å². The Morgan fingerprint density at radius 3 is 1.97 bits per heavy atom. The first-order valence-electron chi connectivity index (χ1n) is 12.2. The van der Waals surface area contributed by atoms with Crippen molar-refractivity contribution in [1.82, 2.24) is 10.6 Å². The summed E-state index contributed by atoms with van der Waals surface area (Å²) in [7, 11) is 1.49. The molecule has 1 atom stereocenters. The topological polar surface area (TPSA) is 105 Å². The van der Waals surface area contributed by atoms with Gasteiger partial charge in [-0.1, -0.05) is 76.8 Å². The molecule has 0 saturated carbocycles. The van der Waals surface area contributed by atoms with E-state index in [1.165, 1.54) is 58.5 Å². The molecule has 0 radical (unpaired) electrons. The molecule has 0 aliphatic carbocycles. The van der Waals surface area contributed by atoms with Gasteiger partial charge in [-0.05, 0) is 37.5 Å². The van der Waals surface area contributed by atoms with Gasteiger partial charge in [0.2, 0.25) is 0 Å². The second-order valence-electron chi connectivity index (χ2n) is 9.06. The zero-order valence-electron chi connectivity index (χ0n) is 20.6. The van der Waals surface area contributed by atoms with Crippen LogP contribution in [0.4, 0.5) is 0 Å². The molecule has 1 aromatic rings. The first-order chi connectivity index (χ1) is 15.8. The number of rotatable bonds is 17. The van der Waals surface area contributed by atoms with Gasteiger partial charge in [0.25, 0.3) is 5.91 Å². The Kier molecular flexibility index (Phi) is 14.1. The third-order valence-corrected chi connectivity index (χ3v) is 5.70. The largest absolute Gasteiger partial charge is 0.474 e. The number of carbonyl (C=O) groups excluding carboxylic acids is 2. The van der Waals surface area contributed by atoms with Gasteiger partial charge >= 0.3 is 11.9 Å². The van der Waals surface area contributed by atoms with Crippen LogP contribution in [0.1, 0.15) is 94.0 Å². The molecule has 0 bridgehead atoms. The number of methoxy groups -OCH3 is 1. The lowest BCUT2D eigenvalue weighted by atomic mass is 9.93. The molecule has 0 fully saturated rings. The van der Waals surface area contributed by atoms with Gasteiger partial charge in [0, 0.05) is 19.2 Å². The minimum Gasteiger partial charge on any atom is -0.474 e. The van der Waals surface area contributed by atoms with Crippen LogP contribution in [0, 0.1) is 0 Å². The molecule has 0 saturated heterocycles. The van der Waals surface area contributed by atoms with Crippen LogP contribution in [-0.2, 0) is 20.7 Å². The normalized spacial score (nSPS) is 12.7. The van der Waals surface area contributed by atoms with Crippen LogP contribution < -0.4 is 10.6 Å². The Morgan fingerprint density at radius 1 is 0.909 bits per heavy atom. The lowest BCUT2D eigenvalue weighted by Crippen LogP contribution is -2.53. The zero-order chi connectivity index (χ0) is 24.5. The molecule has 0 aliphatic rings. The van der Waals surface area contributed by atoms with Crippen molar-refractivity contribution in [1.29, 1.82) is 0 Å². The molecule has 0 spiro atoms. The molecule has 0 heterocycles. The monoisotopic (exact) mass is 462 g/mol. The van der Waals surface area contributed by atoms with Gasteiger partial charge in [-0.2, -0.15) is 0 Å². The molecule has 1 aromatic carbocycles. The number of unbranched alkanes of at least 4 members (excludes halogenated alkanes) is 9. The van der Waals surface area contributed by atoms with Gasteiger partial charge in [-0.25, -0.2) is 4.79 Å². The Bertz CT molecular complexity index is 720. The molecule has 0 aliphatic heterocycles. The third-order valence-electron chi connectivity index (χ3n) is 5.70. The van der Waals surface area contributed by atoms with Gasteiger partial charge < -0.3 is 20.5 Å². The Balaban J connectivity index is 2.35. The minimum atomic E-state index is -1.54. The quantitative estimate of drug-likeness (QED) is 0.234. The van der Waals surface area contributed by atoms with Crippen molar-refractivity contribution in [3.05, 3.63) is 35.4 Å². The number of carboxylic acid groups (broad SMARTS) is 1. The first kappa shape index (κ1) is 28.6. The standard InChI is InChI=1S/C26H42N2O5/c1-4-5-6-7-8-9-10-11-12-13-18-27-23(29)22-16-14-21(15-17-22)19-26(2,20-33-3)28-24(30)25(31)32/h14-17H,4-13,18-20H2,1-3H3,(H,27,29)(H,28,30)(H,31,32). The van der Waals surface area contributed by atoms with Crippen molar-refractivity contribution in [3.63, 3.8) is 0 Å². The maximum Gasteiger partial charge on any atom is 0.394 e. The lowest BCUT2D eigenvalue weighted by Gasteiger charge is -2.29. The fraction of sp³-hybridized carbons (Fsp3) is 0.654. The summed E-state index contributed by atoms with van der Waals surface area (Å²) < 4.78 is 5.16. The number of nitrogens with one attached hydrogen (secondary N) is 2. The van der Waals surface area contributed by atoms with E-state index in [2.05, 4.69) is 17.6 Å². The van der Waals surface area contributed by atoms with E-state index in [9.17, 15) is 14.4 Å². The molecule has 1 rings (SSSR count). The van der Waals surface area contributed by atoms with Gasteiger partial charge in [-0.15, -0.1) is 0 Å². The fourth-order valence-corrected chi connectivity index (χ4v) is 3.92. The molecular formula is C26H42N2O5. The van der Waals surface area contributed by atoms with E-state index in [1.54, 1.807) is 19.1 Å². The van der Waals surface area contributed by atoms with Crippen LogP contribution in [0.3, 0.4) is 0 Å². The summed E-state index contributed by atoms with van der Waals surface area (Å²) in [5.74, 6) is -2.71. The maximum atomic E-state index is 12.4. The molecule has 1 unspecified atom stereocenters. The number of aliphatic carboxylic acids is 1. The number of ether oxygens (including phenoxy) is 1. The summed E-state index contributed by atoms with van der Waals surface area (Å²) >= 11 is 0. The average molecular weight is 463 g/mol. The summed E-state index contributed by atoms with van der Waals surface area (Å²) in [5.41, 5.74) is 0.573. The molecule has 3 N–H and O–H groups in total. The van der Waals surface area contributed by atoms with Crippen LogP contribution in [0.2, 0.25) is 0 Å². The van der Waals surface area contributed by atoms with E-state index >= 15 is 0 Å². The molecule has 186 valence electrons. The zero-order valence-corrected chi connectivity index (χ0v) is 20.6. The van der Waals surface area contributed by atoms with Crippen molar-refractivity contribution in [3.8, 4) is 0 Å². The molecule has 7 heteroatoms. The number of carboxylic acids is 1. The van der Waals surface area contributed by atoms with Crippen LogP contribution in [-0.4, -0.2) is 48.7 Å². The fourth-order valence-electron chi connectivity index (χ4n) is 3.92. The molecule has 33 heavy (non-hydrogen) atoms. The minimum absolute atomic E-state index is 0.101. The third kappa shape index (κ3) is 12.4. The van der Waals surface area contributed by atoms with E-state index in [0.29, 0.717) is 18.5 Å². The summed E-state index contributed by atoms with van der Waals surface area (Å²) in [4.78, 5) is 34.8. The van der Waals surface area contributed by atoms with Crippen LogP contribution in [0.15, 0.2) is 24.3 Å². The second kappa shape index (κ2) is 16.2. The smallest absolute Gasteiger partial charge is 0.394 e. The average Bonchev–Trinajstić information content (AvgIpc) is 2.77. The predicted molar refractivity (Wildman–Crippen MR) is 130 cm³/mol. The van der Waals surface area contributed by atoms with Crippen LogP contribution in [0.5, 0.6) is 0 Å². The summed E-state index contributed by atoms with van der Waals surface area (Å²) in [6, 6.07) is 7.12. The Labute approximate surface area is 198 Å². The maximum absolute atomic E-state index is 12.4. The molecule has 0 aromatic heterocycles. The second-order valence-corrected chi connectivity index (χ2v) is 9.06. The Morgan fingerprint density at radius 2 is 1.45 bits per heavy atom. The van der Waals surface area contributed by atoms with Crippen LogP contribution >= 0.6 is 0 Å². The predicted octanol–water partition coefficient (Wildman–Crippen LogP) is 4.49. The number of carbonyl (C=O) groups is 3. The summed E-state index contributed by atoms with van der Waals surface area (Å²) in [6.45, 7) is 4.80. The van der Waals surface area contributed by atoms with Crippen molar-refractivity contribution in [2.24, 2.45) is 0 Å². The Hall–Kier alpha value is -2.41. The van der Waals surface area contributed by atoms with Crippen LogP contribution in [0.25, 0.3) is 0 Å². The summed E-state index contributed by atoms with van der Waals surface area (Å²) in [5, 5.41) is 14.3. The number of hydrogen-bond donors (Lipinski definition) is 3. The van der Waals surface area contributed by atoms with Gasteiger partial charge in [0.1, 0.15) is 0 Å². The highest BCUT2D eigenvalue weighted by molar-refractivity contribution is 6.31. The highest BCUT2D eigenvalue weighted by Gasteiger charge is 2.29. The van der Waals surface area contributed by atoms with Crippen molar-refractivity contribution in [2.45, 2.75) is 90.0 Å². The van der Waals surface area contributed by atoms with E-state index in [4.69, 9.17) is 9.84 Å². The van der Waals surface area contributed by atoms with E-state index in [-0.39, 0.29) is 12.5 Å². The highest BCUT2D eigenvalue weighted by atomic mass is 16.5. The van der Waals surface area contributed by atoms with E-state index in [1.807, 2.05) is 12.1 Å². The van der Waals surface area contributed by atoms with E-state index < -0.39 is 17.4 Å². The SMILES string of the molecule is CCCCCCCCCCCCNC(=O)c1ccc(CC(C)(COC)NC(=O)C(=O)O)cc1. The number of hydrogen-bond acceptors (Lipinski definition) is 4. The van der Waals surface area contributed by atoms with E-state index in [0.717, 1.165) is 18.4 Å². The number of benzene rings is 1. The van der Waals surface area contributed by atoms with Crippen molar-refractivity contribution >= 4 is 17.8 Å². The van der Waals surface area contributed by atoms with Gasteiger partial charge in [-0.3, -0.25) is 9.59 Å². The molecule has 2 amide bonds. The molecular weight excluding hydrogens is 420 g/mol. The number of amides is 2.